The molecule has 0 aliphatic rings. The molecule has 0 bridgehead atoms. The summed E-state index contributed by atoms with van der Waals surface area (Å²) in [4.78, 5) is 13.2. The summed E-state index contributed by atoms with van der Waals surface area (Å²) in [5.41, 5.74) is 1.62. The summed E-state index contributed by atoms with van der Waals surface area (Å²) < 4.78 is 1.68. The number of nitrogens with zero attached hydrogens (tertiary/aromatic N) is 3. The van der Waals surface area contributed by atoms with Gasteiger partial charge in [0.05, 0.1) is 23.3 Å². The normalized spacial score (nSPS) is 10.3. The minimum absolute atomic E-state index is 0.133. The van der Waals surface area contributed by atoms with Gasteiger partial charge in [-0.05, 0) is 30.3 Å². The van der Waals surface area contributed by atoms with Gasteiger partial charge in [0.1, 0.15) is 0 Å². The molecular weight excluding hydrogens is 478 g/mol. The Morgan fingerprint density at radius 3 is 2.86 bits per heavy atom. The van der Waals surface area contributed by atoms with E-state index in [-0.39, 0.29) is 11.7 Å². The van der Waals surface area contributed by atoms with E-state index in [1.165, 1.54) is 34.9 Å². The molecule has 1 amide bonds. The third kappa shape index (κ3) is 6.24. The van der Waals surface area contributed by atoms with Gasteiger partial charge < -0.3 is 10.6 Å². The van der Waals surface area contributed by atoms with Crippen molar-refractivity contribution in [3.63, 3.8) is 0 Å². The van der Waals surface area contributed by atoms with Crippen molar-refractivity contribution >= 4 is 73.2 Å². The van der Waals surface area contributed by atoms with Crippen LogP contribution in [-0.2, 0) is 4.79 Å². The molecule has 6 nitrogen and oxygen atoms in total. The van der Waals surface area contributed by atoms with Crippen molar-refractivity contribution in [1.82, 2.24) is 10.2 Å². The van der Waals surface area contributed by atoms with E-state index in [2.05, 4.69) is 42.8 Å². The molecule has 0 aliphatic carbocycles. The molecule has 142 valence electrons. The Kier molecular flexibility index (Phi) is 7.73. The zero-order valence-electron chi connectivity index (χ0n) is 14.4. The van der Waals surface area contributed by atoms with Crippen molar-refractivity contribution < 1.29 is 4.79 Å². The first-order valence-electron chi connectivity index (χ1n) is 8.01. The number of aromatic nitrogens is 2. The number of amides is 1. The molecular formula is C18H14BrN5OS3. The average Bonchev–Trinajstić information content (AvgIpc) is 3.13. The third-order valence-corrected chi connectivity index (χ3v) is 6.67. The number of hydrogen-bond donors (Lipinski definition) is 2. The number of benzene rings is 2. The first kappa shape index (κ1) is 20.7. The molecule has 0 radical (unpaired) electrons. The lowest BCUT2D eigenvalue weighted by Gasteiger charge is -2.08. The number of nitriles is 1. The zero-order chi connectivity index (χ0) is 19.8. The van der Waals surface area contributed by atoms with Gasteiger partial charge in [-0.1, -0.05) is 57.2 Å². The Balaban J connectivity index is 1.53. The molecule has 1 aromatic heterocycles. The second-order valence-electron chi connectivity index (χ2n) is 5.29. The minimum Gasteiger partial charge on any atom is -0.330 e. The number of anilines is 3. The van der Waals surface area contributed by atoms with Crippen LogP contribution in [-0.4, -0.2) is 27.6 Å². The van der Waals surface area contributed by atoms with Gasteiger partial charge in [0.25, 0.3) is 0 Å². The van der Waals surface area contributed by atoms with Crippen molar-refractivity contribution in [1.29, 1.82) is 5.26 Å². The van der Waals surface area contributed by atoms with Gasteiger partial charge >= 0.3 is 0 Å². The number of carbonyl (C=O) groups is 1. The highest BCUT2D eigenvalue weighted by Crippen LogP contribution is 2.30. The Morgan fingerprint density at radius 1 is 1.18 bits per heavy atom. The molecule has 2 aromatic carbocycles. The fourth-order valence-corrected chi connectivity index (χ4v) is 4.77. The highest BCUT2D eigenvalue weighted by atomic mass is 79.9. The van der Waals surface area contributed by atoms with E-state index in [4.69, 9.17) is 5.26 Å². The molecule has 0 saturated heterocycles. The van der Waals surface area contributed by atoms with Crippen LogP contribution in [0.15, 0.2) is 62.2 Å². The maximum absolute atomic E-state index is 12.3. The van der Waals surface area contributed by atoms with Crippen LogP contribution in [0.4, 0.5) is 16.5 Å². The molecule has 1 heterocycles. The summed E-state index contributed by atoms with van der Waals surface area (Å²) >= 11 is 7.54. The molecule has 0 atom stereocenters. The van der Waals surface area contributed by atoms with Crippen molar-refractivity contribution in [2.75, 3.05) is 22.1 Å². The highest BCUT2D eigenvalue weighted by Gasteiger charge is 2.11. The predicted octanol–water partition coefficient (Wildman–Crippen LogP) is 5.39. The lowest BCUT2D eigenvalue weighted by atomic mass is 10.3. The quantitative estimate of drug-likeness (QED) is 0.408. The van der Waals surface area contributed by atoms with Gasteiger partial charge in [-0.3, -0.25) is 4.79 Å². The molecule has 0 aliphatic heterocycles. The van der Waals surface area contributed by atoms with Crippen LogP contribution in [0, 0.1) is 11.3 Å². The SMILES string of the molecule is N#CCSc1ccccc1NC(=O)CSc1nnc(Nc2cccc(Br)c2)s1. The average molecular weight is 492 g/mol. The number of para-hydroxylation sites is 1. The summed E-state index contributed by atoms with van der Waals surface area (Å²) in [7, 11) is 0. The third-order valence-electron chi connectivity index (χ3n) is 3.26. The van der Waals surface area contributed by atoms with Gasteiger partial charge in [-0.15, -0.1) is 22.0 Å². The Labute approximate surface area is 183 Å². The smallest absolute Gasteiger partial charge is 0.234 e. The summed E-state index contributed by atoms with van der Waals surface area (Å²) in [5.74, 6) is 0.426. The van der Waals surface area contributed by atoms with Crippen molar-refractivity contribution in [3.8, 4) is 6.07 Å². The second kappa shape index (κ2) is 10.5. The maximum Gasteiger partial charge on any atom is 0.234 e. The standard InChI is InChI=1S/C18H14BrN5OS3/c19-12-4-3-5-13(10-12)21-17-23-24-18(28-17)27-11-16(25)22-14-6-1-2-7-15(14)26-9-8-20/h1-7,10H,9,11H2,(H,21,23)(H,22,25). The van der Waals surface area contributed by atoms with Crippen molar-refractivity contribution in [3.05, 3.63) is 53.0 Å². The van der Waals surface area contributed by atoms with Gasteiger partial charge in [-0.2, -0.15) is 5.26 Å². The number of carbonyl (C=O) groups excluding carboxylic acids is 1. The first-order valence-corrected chi connectivity index (χ1v) is 11.6. The van der Waals surface area contributed by atoms with Crippen LogP contribution >= 0.6 is 50.8 Å². The highest BCUT2D eigenvalue weighted by molar-refractivity contribution is 9.10. The molecule has 0 fully saturated rings. The topological polar surface area (TPSA) is 90.7 Å². The summed E-state index contributed by atoms with van der Waals surface area (Å²) in [6, 6.07) is 17.3. The van der Waals surface area contributed by atoms with Crippen molar-refractivity contribution in [2.24, 2.45) is 0 Å². The van der Waals surface area contributed by atoms with Gasteiger partial charge in [0, 0.05) is 15.1 Å². The number of hydrogen-bond acceptors (Lipinski definition) is 8. The fraction of sp³-hybridized carbons (Fsp3) is 0.111. The van der Waals surface area contributed by atoms with Gasteiger partial charge in [0.15, 0.2) is 4.34 Å². The maximum atomic E-state index is 12.3. The zero-order valence-corrected chi connectivity index (χ0v) is 18.4. The Morgan fingerprint density at radius 2 is 2.04 bits per heavy atom. The number of nitrogens with one attached hydrogen (secondary N) is 2. The molecule has 0 unspecified atom stereocenters. The number of halogens is 1. The van der Waals surface area contributed by atoms with E-state index in [9.17, 15) is 4.79 Å². The summed E-state index contributed by atoms with van der Waals surface area (Å²) in [6.07, 6.45) is 0. The lowest BCUT2D eigenvalue weighted by Crippen LogP contribution is -2.14. The minimum atomic E-state index is -0.133. The summed E-state index contributed by atoms with van der Waals surface area (Å²) in [5, 5.41) is 23.7. The molecule has 0 saturated carbocycles. The van der Waals surface area contributed by atoms with Crippen LogP contribution in [0.5, 0.6) is 0 Å². The second-order valence-corrected chi connectivity index (χ2v) is 9.42. The molecule has 3 rings (SSSR count). The van der Waals surface area contributed by atoms with Crippen LogP contribution in [0.1, 0.15) is 0 Å². The Hall–Kier alpha value is -2.06. The van der Waals surface area contributed by atoms with Crippen LogP contribution in [0.25, 0.3) is 0 Å². The lowest BCUT2D eigenvalue weighted by molar-refractivity contribution is -0.113. The van der Waals surface area contributed by atoms with Gasteiger partial charge in [-0.25, -0.2) is 0 Å². The van der Waals surface area contributed by atoms with E-state index in [0.29, 0.717) is 20.9 Å². The molecule has 2 N–H and O–H groups in total. The largest absolute Gasteiger partial charge is 0.330 e. The van der Waals surface area contributed by atoms with Crippen LogP contribution in [0.2, 0.25) is 0 Å². The van der Waals surface area contributed by atoms with Crippen molar-refractivity contribution in [2.45, 2.75) is 9.24 Å². The monoisotopic (exact) mass is 491 g/mol. The first-order chi connectivity index (χ1) is 13.6. The van der Waals surface area contributed by atoms with E-state index in [0.717, 1.165) is 15.1 Å². The van der Waals surface area contributed by atoms with E-state index >= 15 is 0 Å². The van der Waals surface area contributed by atoms with Gasteiger partial charge in [0.2, 0.25) is 11.0 Å². The molecule has 0 spiro atoms. The summed E-state index contributed by atoms with van der Waals surface area (Å²) in [6.45, 7) is 0. The van der Waals surface area contributed by atoms with Crippen LogP contribution < -0.4 is 10.6 Å². The van der Waals surface area contributed by atoms with E-state index in [1.807, 2.05) is 48.5 Å². The number of rotatable bonds is 8. The van der Waals surface area contributed by atoms with E-state index in [1.54, 1.807) is 0 Å². The molecule has 3 aromatic rings. The molecule has 10 heteroatoms. The fourth-order valence-electron chi connectivity index (χ4n) is 2.13. The predicted molar refractivity (Wildman–Crippen MR) is 119 cm³/mol. The Bertz CT molecular complexity index is 1000. The number of thioether (sulfide) groups is 2. The van der Waals surface area contributed by atoms with E-state index < -0.39 is 0 Å². The molecule has 28 heavy (non-hydrogen) atoms. The van der Waals surface area contributed by atoms with Crippen LogP contribution in [0.3, 0.4) is 0 Å².